The molecule has 1 saturated heterocycles. The van der Waals surface area contributed by atoms with Crippen molar-refractivity contribution in [2.75, 3.05) is 36.2 Å². The summed E-state index contributed by atoms with van der Waals surface area (Å²) in [5, 5.41) is 9.19. The summed E-state index contributed by atoms with van der Waals surface area (Å²) in [6, 6.07) is 13.7. The molecule has 6 aromatic rings. The van der Waals surface area contributed by atoms with Crippen molar-refractivity contribution >= 4 is 69.5 Å². The van der Waals surface area contributed by atoms with Crippen LogP contribution >= 0.6 is 0 Å². The van der Waals surface area contributed by atoms with E-state index in [2.05, 4.69) is 32.5 Å². The highest BCUT2D eigenvalue weighted by Crippen LogP contribution is 2.38. The van der Waals surface area contributed by atoms with Gasteiger partial charge in [0.25, 0.3) is 23.6 Å². The normalized spacial score (nSPS) is 14.5. The van der Waals surface area contributed by atoms with Gasteiger partial charge in [0.15, 0.2) is 17.3 Å². The lowest BCUT2D eigenvalue weighted by molar-refractivity contribution is -0.116. The van der Waals surface area contributed by atoms with Gasteiger partial charge in [0.05, 0.1) is 47.9 Å². The molecule has 2 aromatic carbocycles. The third-order valence-corrected chi connectivity index (χ3v) is 10.9. The third-order valence-electron chi connectivity index (χ3n) is 10.9. The largest absolute Gasteiger partial charge is 0.493 e. The number of rotatable bonds is 13. The maximum atomic E-state index is 13.7. The smallest absolute Gasteiger partial charge is 0.291 e. The van der Waals surface area contributed by atoms with Crippen LogP contribution in [0, 0.1) is 0 Å². The van der Waals surface area contributed by atoms with Crippen molar-refractivity contribution in [1.29, 1.82) is 0 Å². The molecule has 4 amide bonds. The fourth-order valence-corrected chi connectivity index (χ4v) is 7.89. The molecule has 0 saturated carbocycles. The molecule has 0 spiro atoms. The number of carbonyl (C=O) groups is 5. The van der Waals surface area contributed by atoms with Gasteiger partial charge in [0.1, 0.15) is 22.7 Å². The molecule has 65 heavy (non-hydrogen) atoms. The average Bonchev–Trinajstić information content (AvgIpc) is 4.07. The predicted octanol–water partition coefficient (Wildman–Crippen LogP) is 6.72. The van der Waals surface area contributed by atoms with Crippen molar-refractivity contribution in [2.45, 2.75) is 51.7 Å². The van der Waals surface area contributed by atoms with Crippen LogP contribution < -0.4 is 30.2 Å². The van der Waals surface area contributed by atoms with Crippen molar-refractivity contribution in [1.82, 2.24) is 28.2 Å². The predicted molar refractivity (Wildman–Crippen MR) is 245 cm³/mol. The van der Waals surface area contributed by atoms with Gasteiger partial charge < -0.3 is 48.8 Å². The quantitative estimate of drug-likeness (QED) is 0.0834. The molecule has 18 heteroatoms. The van der Waals surface area contributed by atoms with E-state index in [0.717, 1.165) is 16.5 Å². The topological polar surface area (TPSA) is 197 Å². The molecule has 2 aliphatic heterocycles. The Morgan fingerprint density at radius 1 is 0.862 bits per heavy atom. The summed E-state index contributed by atoms with van der Waals surface area (Å²) in [6.07, 6.45) is 9.34. The van der Waals surface area contributed by atoms with Crippen molar-refractivity contribution in [3.05, 3.63) is 108 Å². The molecule has 1 atom stereocenters. The summed E-state index contributed by atoms with van der Waals surface area (Å²) in [5.74, 6) is -0.0923. The highest BCUT2D eigenvalue weighted by Gasteiger charge is 2.34. The van der Waals surface area contributed by atoms with Gasteiger partial charge in [-0.2, -0.15) is 0 Å². The number of aliphatic imine (C=N–C) groups is 1. The Balaban J connectivity index is 0.834. The molecule has 1 fully saturated rings. The van der Waals surface area contributed by atoms with Crippen molar-refractivity contribution in [2.24, 2.45) is 26.1 Å². The summed E-state index contributed by atoms with van der Waals surface area (Å²) < 4.78 is 23.7. The minimum atomic E-state index is -0.563. The maximum Gasteiger partial charge on any atom is 0.291 e. The Kier molecular flexibility index (Phi) is 11.7. The van der Waals surface area contributed by atoms with Gasteiger partial charge in [0, 0.05) is 76.6 Å². The number of aromatic nitrogens is 5. The number of nitrogens with one attached hydrogen (secondary N) is 3. The molecule has 0 aliphatic carbocycles. The number of anilines is 3. The third kappa shape index (κ3) is 9.27. The van der Waals surface area contributed by atoms with Crippen LogP contribution in [0.15, 0.2) is 90.5 Å². The number of imidazole rings is 1. The lowest BCUT2D eigenvalue weighted by Gasteiger charge is -2.21. The van der Waals surface area contributed by atoms with Gasteiger partial charge in [-0.3, -0.25) is 33.5 Å². The van der Waals surface area contributed by atoms with Gasteiger partial charge in [-0.15, -0.1) is 0 Å². The molecule has 18 nitrogen and oxygen atoms in total. The van der Waals surface area contributed by atoms with E-state index in [1.165, 1.54) is 23.9 Å². The number of methoxy groups -OCH3 is 1. The standard InChI is InChI=1S/C47H50N10O8/c1-27-16-31-22-48-34-21-39(38(63-8)20-33(34)45(61)57(31)23-27)64-15-9-10-41(58)51-40-26-55(7)42(52-40)44(60)50-29-18-36(53(5)24-29)43(59)49-30-19-37(54(6)25-30)46(62)56-14-13-28-17-32(11-12-35(28)56)65-47(2,3)4/h11-14,17-22,24-26,31H,1,9-10,15-16,23H2,2-8H3,(H,49,59)(H,50,60)(H,51,58)/t31-/m0/s1. The van der Waals surface area contributed by atoms with E-state index in [0.29, 0.717) is 65.0 Å². The fraction of sp³-hybridized carbons (Fsp3) is 0.298. The molecule has 8 rings (SSSR count). The van der Waals surface area contributed by atoms with Crippen LogP contribution in [0.1, 0.15) is 82.0 Å². The zero-order chi connectivity index (χ0) is 46.3. The molecule has 4 aromatic heterocycles. The van der Waals surface area contributed by atoms with Gasteiger partial charge in [0.2, 0.25) is 11.7 Å². The van der Waals surface area contributed by atoms with Crippen LogP contribution in [0.5, 0.6) is 17.2 Å². The molecule has 2 aliphatic rings. The van der Waals surface area contributed by atoms with E-state index >= 15 is 0 Å². The molecule has 0 bridgehead atoms. The van der Waals surface area contributed by atoms with Crippen molar-refractivity contribution in [3.63, 3.8) is 0 Å². The van der Waals surface area contributed by atoms with E-state index in [4.69, 9.17) is 14.2 Å². The minimum absolute atomic E-state index is 0.0240. The number of ether oxygens (including phenoxy) is 3. The first-order valence-corrected chi connectivity index (χ1v) is 20.9. The lowest BCUT2D eigenvalue weighted by atomic mass is 10.1. The Morgan fingerprint density at radius 2 is 1.58 bits per heavy atom. The summed E-state index contributed by atoms with van der Waals surface area (Å²) >= 11 is 0. The van der Waals surface area contributed by atoms with Crippen molar-refractivity contribution < 1.29 is 38.2 Å². The number of nitrogens with zero attached hydrogens (tertiary/aromatic N) is 7. The summed E-state index contributed by atoms with van der Waals surface area (Å²) in [5.41, 5.74) is 3.58. The van der Waals surface area contributed by atoms with Gasteiger partial charge >= 0.3 is 0 Å². The molecular weight excluding hydrogens is 833 g/mol. The Morgan fingerprint density at radius 3 is 2.32 bits per heavy atom. The number of hydrogen-bond donors (Lipinski definition) is 3. The van der Waals surface area contributed by atoms with E-state index in [1.54, 1.807) is 82.7 Å². The van der Waals surface area contributed by atoms with Gasteiger partial charge in [-0.25, -0.2) is 4.98 Å². The average molecular weight is 883 g/mol. The van der Waals surface area contributed by atoms with Crippen LogP contribution in [0.2, 0.25) is 0 Å². The zero-order valence-corrected chi connectivity index (χ0v) is 37.2. The number of amides is 4. The summed E-state index contributed by atoms with van der Waals surface area (Å²) in [6.45, 7) is 10.6. The van der Waals surface area contributed by atoms with Crippen LogP contribution in [-0.2, 0) is 25.9 Å². The second-order valence-corrected chi connectivity index (χ2v) is 17.1. The molecular formula is C47H50N10O8. The van der Waals surface area contributed by atoms with Gasteiger partial charge in [-0.05, 0) is 76.1 Å². The van der Waals surface area contributed by atoms with Crippen LogP contribution in [-0.4, -0.2) is 95.8 Å². The Labute approximate surface area is 374 Å². The van der Waals surface area contributed by atoms with Gasteiger partial charge in [-0.1, -0.05) is 12.2 Å². The first-order chi connectivity index (χ1) is 30.9. The number of fused-ring (bicyclic) bond motifs is 3. The van der Waals surface area contributed by atoms with Crippen molar-refractivity contribution in [3.8, 4) is 17.2 Å². The van der Waals surface area contributed by atoms with E-state index < -0.39 is 11.8 Å². The lowest BCUT2D eigenvalue weighted by Crippen LogP contribution is -2.35. The first-order valence-electron chi connectivity index (χ1n) is 20.9. The maximum absolute atomic E-state index is 13.7. The summed E-state index contributed by atoms with van der Waals surface area (Å²) in [4.78, 5) is 77.2. The number of carbonyl (C=O) groups excluding carboxylic acids is 5. The zero-order valence-electron chi connectivity index (χ0n) is 37.2. The first kappa shape index (κ1) is 43.7. The second-order valence-electron chi connectivity index (χ2n) is 17.1. The molecule has 6 heterocycles. The number of aryl methyl sites for hydroxylation is 3. The SMILES string of the molecule is C=C1C[C@H]2C=Nc3cc(OCCCC(=O)Nc4cn(C)c(C(=O)Nc5cc(C(=O)Nc6cc(C(=O)n7ccc8cc(OC(C)(C)C)ccc87)n(C)c6)n(C)c5)n4)c(OC)cc3C(=O)N2C1. The number of benzene rings is 2. The van der Waals surface area contributed by atoms with E-state index in [-0.39, 0.29) is 59.7 Å². The van der Waals surface area contributed by atoms with E-state index in [9.17, 15) is 24.0 Å². The van der Waals surface area contributed by atoms with Crippen LogP contribution in [0.25, 0.3) is 10.9 Å². The molecule has 0 radical (unpaired) electrons. The summed E-state index contributed by atoms with van der Waals surface area (Å²) in [7, 11) is 6.51. The fourth-order valence-electron chi connectivity index (χ4n) is 7.89. The minimum Gasteiger partial charge on any atom is -0.493 e. The highest BCUT2D eigenvalue weighted by atomic mass is 16.5. The second kappa shape index (κ2) is 17.3. The highest BCUT2D eigenvalue weighted by molar-refractivity contribution is 6.08. The molecule has 336 valence electrons. The van der Waals surface area contributed by atoms with Crippen LogP contribution in [0.4, 0.5) is 22.9 Å². The Bertz CT molecular complexity index is 2940. The van der Waals surface area contributed by atoms with E-state index in [1.807, 2.05) is 45.0 Å². The number of hydrogen-bond acceptors (Lipinski definition) is 10. The molecule has 3 N–H and O–H groups in total. The van der Waals surface area contributed by atoms with Crippen LogP contribution in [0.3, 0.4) is 0 Å². The monoisotopic (exact) mass is 882 g/mol. The molecule has 0 unspecified atom stereocenters. The Hall–Kier alpha value is -7.89.